The lowest BCUT2D eigenvalue weighted by molar-refractivity contribution is -0.138. The quantitative estimate of drug-likeness (QED) is 0.712. The fourth-order valence-corrected chi connectivity index (χ4v) is 0.967. The van der Waals surface area contributed by atoms with E-state index in [1.165, 1.54) is 13.1 Å². The van der Waals surface area contributed by atoms with E-state index in [0.717, 1.165) is 5.69 Å². The summed E-state index contributed by atoms with van der Waals surface area (Å²) in [4.78, 5) is 25.8. The van der Waals surface area contributed by atoms with Gasteiger partial charge in [-0.2, -0.15) is 0 Å². The van der Waals surface area contributed by atoms with E-state index in [2.05, 4.69) is 15.6 Å². The summed E-state index contributed by atoms with van der Waals surface area (Å²) in [5.41, 5.74) is 1.35. The third-order valence-corrected chi connectivity index (χ3v) is 1.89. The van der Waals surface area contributed by atoms with Gasteiger partial charge in [0.05, 0.1) is 11.9 Å². The van der Waals surface area contributed by atoms with Gasteiger partial charge in [-0.15, -0.1) is 0 Å². The molecule has 2 amide bonds. The summed E-state index contributed by atoms with van der Waals surface area (Å²) in [6, 6.07) is 1.93. The molecule has 6 heteroatoms. The molecule has 0 aliphatic rings. The Morgan fingerprint density at radius 3 is 2.62 bits per heavy atom. The van der Waals surface area contributed by atoms with Crippen LogP contribution in [0.2, 0.25) is 0 Å². The first-order valence-electron chi connectivity index (χ1n) is 4.72. The van der Waals surface area contributed by atoms with E-state index >= 15 is 0 Å². The summed E-state index contributed by atoms with van der Waals surface area (Å²) in [5, 5.41) is 13.3. The molecule has 0 aliphatic heterocycles. The Morgan fingerprint density at radius 1 is 1.44 bits per heavy atom. The number of pyridine rings is 1. The highest BCUT2D eigenvalue weighted by molar-refractivity contribution is 5.91. The van der Waals surface area contributed by atoms with E-state index in [9.17, 15) is 9.59 Å². The van der Waals surface area contributed by atoms with Crippen molar-refractivity contribution in [2.75, 3.05) is 5.32 Å². The molecule has 0 saturated heterocycles. The van der Waals surface area contributed by atoms with E-state index in [1.807, 2.05) is 6.92 Å². The number of urea groups is 1. The average Bonchev–Trinajstić information content (AvgIpc) is 2.21. The monoisotopic (exact) mass is 223 g/mol. The Bertz CT molecular complexity index is 389. The molecule has 0 bridgehead atoms. The van der Waals surface area contributed by atoms with E-state index in [1.54, 1.807) is 12.1 Å². The average molecular weight is 223 g/mol. The SMILES string of the molecule is Cc1ccc(NC(=O)N[C@@H](C)C(=O)O)cn1. The molecule has 1 heterocycles. The summed E-state index contributed by atoms with van der Waals surface area (Å²) >= 11 is 0. The van der Waals surface area contributed by atoms with Crippen molar-refractivity contribution in [3.05, 3.63) is 24.0 Å². The van der Waals surface area contributed by atoms with Crippen LogP contribution in [0.1, 0.15) is 12.6 Å². The van der Waals surface area contributed by atoms with Crippen LogP contribution in [0.15, 0.2) is 18.3 Å². The molecule has 0 spiro atoms. The molecule has 3 N–H and O–H groups in total. The maximum atomic E-state index is 11.3. The van der Waals surface area contributed by atoms with Crippen molar-refractivity contribution in [1.29, 1.82) is 0 Å². The number of aryl methyl sites for hydroxylation is 1. The van der Waals surface area contributed by atoms with Gasteiger partial charge in [0.15, 0.2) is 0 Å². The smallest absolute Gasteiger partial charge is 0.325 e. The Hall–Kier alpha value is -2.11. The van der Waals surface area contributed by atoms with Gasteiger partial charge in [-0.3, -0.25) is 9.78 Å². The van der Waals surface area contributed by atoms with Crippen molar-refractivity contribution in [2.45, 2.75) is 19.9 Å². The molecule has 0 radical (unpaired) electrons. The van der Waals surface area contributed by atoms with E-state index in [-0.39, 0.29) is 0 Å². The van der Waals surface area contributed by atoms with Crippen LogP contribution in [0.25, 0.3) is 0 Å². The van der Waals surface area contributed by atoms with Crippen molar-refractivity contribution in [2.24, 2.45) is 0 Å². The first-order chi connectivity index (χ1) is 7.49. The number of nitrogens with one attached hydrogen (secondary N) is 2. The minimum Gasteiger partial charge on any atom is -0.480 e. The third-order valence-electron chi connectivity index (χ3n) is 1.89. The molecule has 0 saturated carbocycles. The van der Waals surface area contributed by atoms with Crippen LogP contribution in [0, 0.1) is 6.92 Å². The van der Waals surface area contributed by atoms with Gasteiger partial charge in [-0.1, -0.05) is 0 Å². The number of hydrogen-bond donors (Lipinski definition) is 3. The number of nitrogens with zero attached hydrogens (tertiary/aromatic N) is 1. The highest BCUT2D eigenvalue weighted by Gasteiger charge is 2.13. The molecule has 16 heavy (non-hydrogen) atoms. The van der Waals surface area contributed by atoms with Gasteiger partial charge in [0, 0.05) is 5.69 Å². The van der Waals surface area contributed by atoms with Gasteiger partial charge in [0.2, 0.25) is 0 Å². The fraction of sp³-hybridized carbons (Fsp3) is 0.300. The summed E-state index contributed by atoms with van der Waals surface area (Å²) < 4.78 is 0. The van der Waals surface area contributed by atoms with Crippen molar-refractivity contribution < 1.29 is 14.7 Å². The molecule has 0 unspecified atom stereocenters. The highest BCUT2D eigenvalue weighted by Crippen LogP contribution is 2.04. The number of carbonyl (C=O) groups excluding carboxylic acids is 1. The van der Waals surface area contributed by atoms with Crippen molar-refractivity contribution in [3.8, 4) is 0 Å². The van der Waals surface area contributed by atoms with Crippen LogP contribution in [0.5, 0.6) is 0 Å². The van der Waals surface area contributed by atoms with E-state index < -0.39 is 18.0 Å². The third kappa shape index (κ3) is 3.56. The standard InChI is InChI=1S/C10H13N3O3/c1-6-3-4-8(5-11-6)13-10(16)12-7(2)9(14)15/h3-5,7H,1-2H3,(H,14,15)(H2,12,13,16)/t7-/m0/s1. The van der Waals surface area contributed by atoms with E-state index in [4.69, 9.17) is 5.11 Å². The zero-order valence-electron chi connectivity index (χ0n) is 9.02. The molecule has 1 aromatic rings. The Kier molecular flexibility index (Phi) is 3.82. The van der Waals surface area contributed by atoms with Crippen LogP contribution in [0.3, 0.4) is 0 Å². The summed E-state index contributed by atoms with van der Waals surface area (Å²) in [6.45, 7) is 3.21. The van der Waals surface area contributed by atoms with Gasteiger partial charge in [-0.25, -0.2) is 4.79 Å². The number of aromatic nitrogens is 1. The number of rotatable bonds is 3. The molecular formula is C10H13N3O3. The van der Waals surface area contributed by atoms with Gasteiger partial charge < -0.3 is 15.7 Å². The molecule has 1 rings (SSSR count). The molecule has 1 aromatic heterocycles. The van der Waals surface area contributed by atoms with Crippen LogP contribution in [-0.4, -0.2) is 28.1 Å². The van der Waals surface area contributed by atoms with Crippen molar-refractivity contribution in [3.63, 3.8) is 0 Å². The highest BCUT2D eigenvalue weighted by atomic mass is 16.4. The molecule has 0 aromatic carbocycles. The van der Waals surface area contributed by atoms with E-state index in [0.29, 0.717) is 5.69 Å². The lowest BCUT2D eigenvalue weighted by Gasteiger charge is -2.10. The number of amides is 2. The topological polar surface area (TPSA) is 91.3 Å². The normalized spacial score (nSPS) is 11.6. The van der Waals surface area contributed by atoms with Gasteiger partial charge in [0.25, 0.3) is 0 Å². The first kappa shape index (κ1) is 12.0. The Balaban J connectivity index is 2.52. The summed E-state index contributed by atoms with van der Waals surface area (Å²) in [7, 11) is 0. The van der Waals surface area contributed by atoms with Crippen LogP contribution < -0.4 is 10.6 Å². The van der Waals surface area contributed by atoms with Crippen molar-refractivity contribution in [1.82, 2.24) is 10.3 Å². The van der Waals surface area contributed by atoms with Crippen molar-refractivity contribution >= 4 is 17.7 Å². The predicted octanol–water partition coefficient (Wildman–Crippen LogP) is 0.985. The Labute approximate surface area is 92.7 Å². The van der Waals surface area contributed by atoms with Gasteiger partial charge in [-0.05, 0) is 26.0 Å². The zero-order chi connectivity index (χ0) is 12.1. The zero-order valence-corrected chi connectivity index (χ0v) is 9.02. The number of aliphatic carboxylic acids is 1. The van der Waals surface area contributed by atoms with Crippen LogP contribution >= 0.6 is 0 Å². The number of carboxylic acids is 1. The molecule has 6 nitrogen and oxygen atoms in total. The second-order valence-corrected chi connectivity index (χ2v) is 3.35. The molecular weight excluding hydrogens is 210 g/mol. The number of anilines is 1. The summed E-state index contributed by atoms with van der Waals surface area (Å²) in [5.74, 6) is -1.09. The largest absolute Gasteiger partial charge is 0.480 e. The Morgan fingerprint density at radius 2 is 2.12 bits per heavy atom. The van der Waals surface area contributed by atoms with Gasteiger partial charge >= 0.3 is 12.0 Å². The van der Waals surface area contributed by atoms with Crippen LogP contribution in [0.4, 0.5) is 10.5 Å². The lowest BCUT2D eigenvalue weighted by atomic mass is 10.3. The van der Waals surface area contributed by atoms with Gasteiger partial charge in [0.1, 0.15) is 6.04 Å². The molecule has 1 atom stereocenters. The predicted molar refractivity (Wildman–Crippen MR) is 58.2 cm³/mol. The molecule has 0 aliphatic carbocycles. The fourth-order valence-electron chi connectivity index (χ4n) is 0.967. The number of carboxylic acid groups (broad SMARTS) is 1. The minimum absolute atomic E-state index is 0.515. The maximum Gasteiger partial charge on any atom is 0.325 e. The number of carbonyl (C=O) groups is 2. The second kappa shape index (κ2) is 5.11. The maximum absolute atomic E-state index is 11.3. The lowest BCUT2D eigenvalue weighted by Crippen LogP contribution is -2.40. The summed E-state index contributed by atoms with van der Waals surface area (Å²) in [6.07, 6.45) is 1.50. The molecule has 0 fully saturated rings. The minimum atomic E-state index is -1.09. The molecule has 86 valence electrons. The second-order valence-electron chi connectivity index (χ2n) is 3.35. The number of hydrogen-bond acceptors (Lipinski definition) is 3. The first-order valence-corrected chi connectivity index (χ1v) is 4.72. The van der Waals surface area contributed by atoms with Crippen LogP contribution in [-0.2, 0) is 4.79 Å².